The number of para-hydroxylation sites is 1. The highest BCUT2D eigenvalue weighted by Gasteiger charge is 2.31. The fourth-order valence-electron chi connectivity index (χ4n) is 5.45. The monoisotopic (exact) mass is 561 g/mol. The van der Waals surface area contributed by atoms with Crippen LogP contribution in [0, 0.1) is 12.8 Å². The third-order valence-electron chi connectivity index (χ3n) is 7.79. The SMILES string of the molecule is COCCN1C[C@@H](C)[C@H](NC(=O)Nc2c(C)c(-c3ccnc(C(=O)NC4CCOCC4)c3)nn2-c2ccccc2)C1. The summed E-state index contributed by atoms with van der Waals surface area (Å²) in [7, 11) is 1.70. The molecule has 11 heteroatoms. The number of urea groups is 1. The highest BCUT2D eigenvalue weighted by atomic mass is 16.5. The van der Waals surface area contributed by atoms with Crippen molar-refractivity contribution in [2.24, 2.45) is 5.92 Å². The highest BCUT2D eigenvalue weighted by Crippen LogP contribution is 2.31. The van der Waals surface area contributed by atoms with Crippen molar-refractivity contribution in [3.63, 3.8) is 0 Å². The van der Waals surface area contributed by atoms with E-state index < -0.39 is 0 Å². The molecule has 11 nitrogen and oxygen atoms in total. The van der Waals surface area contributed by atoms with Crippen LogP contribution in [0.4, 0.5) is 10.6 Å². The van der Waals surface area contributed by atoms with Gasteiger partial charge in [-0.15, -0.1) is 0 Å². The average molecular weight is 562 g/mol. The van der Waals surface area contributed by atoms with Crippen LogP contribution in [-0.2, 0) is 9.47 Å². The van der Waals surface area contributed by atoms with Gasteiger partial charge >= 0.3 is 6.03 Å². The number of hydrogen-bond acceptors (Lipinski definition) is 7. The van der Waals surface area contributed by atoms with Gasteiger partial charge in [-0.2, -0.15) is 5.10 Å². The summed E-state index contributed by atoms with van der Waals surface area (Å²) in [4.78, 5) is 32.9. The number of ether oxygens (including phenoxy) is 2. The number of carbonyl (C=O) groups is 2. The summed E-state index contributed by atoms with van der Waals surface area (Å²) in [5, 5.41) is 14.2. The molecular weight excluding hydrogens is 522 g/mol. The first kappa shape index (κ1) is 28.7. The minimum Gasteiger partial charge on any atom is -0.383 e. The Morgan fingerprint density at radius 1 is 1.10 bits per heavy atom. The molecule has 0 aliphatic carbocycles. The van der Waals surface area contributed by atoms with Crippen molar-refractivity contribution in [2.75, 3.05) is 51.9 Å². The van der Waals surface area contributed by atoms with Crippen LogP contribution >= 0.6 is 0 Å². The Hall–Kier alpha value is -3.80. The molecule has 0 unspecified atom stereocenters. The summed E-state index contributed by atoms with van der Waals surface area (Å²) in [6.45, 7) is 8.54. The van der Waals surface area contributed by atoms with E-state index in [-0.39, 0.29) is 24.0 Å². The second-order valence-corrected chi connectivity index (χ2v) is 10.8. The average Bonchev–Trinajstić information content (AvgIpc) is 3.51. The minimum atomic E-state index is -0.284. The molecule has 3 aromatic rings. The zero-order chi connectivity index (χ0) is 28.8. The summed E-state index contributed by atoms with van der Waals surface area (Å²) in [5.41, 5.74) is 3.32. The number of hydrogen-bond donors (Lipinski definition) is 3. The zero-order valence-electron chi connectivity index (χ0n) is 23.9. The molecule has 0 bridgehead atoms. The number of carbonyl (C=O) groups excluding carboxylic acids is 2. The third kappa shape index (κ3) is 6.92. The number of rotatable bonds is 9. The lowest BCUT2D eigenvalue weighted by molar-refractivity contribution is 0.0694. The van der Waals surface area contributed by atoms with Gasteiger partial charge in [0, 0.05) is 69.4 Å². The fraction of sp³-hybridized carbons (Fsp3) is 0.467. The molecule has 5 rings (SSSR count). The van der Waals surface area contributed by atoms with Gasteiger partial charge in [0.1, 0.15) is 11.5 Å². The second kappa shape index (κ2) is 13.2. The number of amides is 3. The smallest absolute Gasteiger partial charge is 0.320 e. The van der Waals surface area contributed by atoms with E-state index in [1.54, 1.807) is 24.1 Å². The second-order valence-electron chi connectivity index (χ2n) is 10.8. The van der Waals surface area contributed by atoms with Gasteiger partial charge in [-0.05, 0) is 49.9 Å². The number of aromatic nitrogens is 3. The predicted molar refractivity (Wildman–Crippen MR) is 156 cm³/mol. The third-order valence-corrected chi connectivity index (χ3v) is 7.79. The van der Waals surface area contributed by atoms with Crippen LogP contribution in [0.5, 0.6) is 0 Å². The van der Waals surface area contributed by atoms with Crippen LogP contribution in [0.15, 0.2) is 48.7 Å². The first-order valence-corrected chi connectivity index (χ1v) is 14.2. The van der Waals surface area contributed by atoms with E-state index in [1.807, 2.05) is 43.3 Å². The van der Waals surface area contributed by atoms with Crippen molar-refractivity contribution in [3.05, 3.63) is 59.9 Å². The van der Waals surface area contributed by atoms with Crippen LogP contribution in [0.2, 0.25) is 0 Å². The summed E-state index contributed by atoms with van der Waals surface area (Å²) in [6, 6.07) is 13.0. The lowest BCUT2D eigenvalue weighted by atomic mass is 10.1. The number of likely N-dealkylation sites (tertiary alicyclic amines) is 1. The van der Waals surface area contributed by atoms with Crippen molar-refractivity contribution >= 4 is 17.8 Å². The van der Waals surface area contributed by atoms with E-state index in [9.17, 15) is 9.59 Å². The summed E-state index contributed by atoms with van der Waals surface area (Å²) < 4.78 is 12.3. The van der Waals surface area contributed by atoms with Gasteiger partial charge in [0.25, 0.3) is 5.91 Å². The number of anilines is 1. The van der Waals surface area contributed by atoms with E-state index in [2.05, 4.69) is 32.8 Å². The van der Waals surface area contributed by atoms with Gasteiger partial charge in [-0.1, -0.05) is 25.1 Å². The highest BCUT2D eigenvalue weighted by molar-refractivity contribution is 5.94. The van der Waals surface area contributed by atoms with Crippen molar-refractivity contribution in [1.29, 1.82) is 0 Å². The molecule has 2 aromatic heterocycles. The molecule has 0 radical (unpaired) electrons. The number of pyridine rings is 1. The van der Waals surface area contributed by atoms with E-state index in [4.69, 9.17) is 14.6 Å². The first-order valence-electron chi connectivity index (χ1n) is 14.2. The predicted octanol–water partition coefficient (Wildman–Crippen LogP) is 3.24. The van der Waals surface area contributed by atoms with E-state index in [0.29, 0.717) is 42.9 Å². The molecule has 0 saturated carbocycles. The van der Waals surface area contributed by atoms with E-state index in [0.717, 1.165) is 49.3 Å². The first-order chi connectivity index (χ1) is 19.9. The van der Waals surface area contributed by atoms with Gasteiger partial charge in [0.05, 0.1) is 18.0 Å². The van der Waals surface area contributed by atoms with E-state index in [1.165, 1.54) is 0 Å². The number of methoxy groups -OCH3 is 1. The Balaban J connectivity index is 1.37. The maximum atomic E-state index is 13.3. The lowest BCUT2D eigenvalue weighted by Gasteiger charge is -2.22. The molecule has 1 aromatic carbocycles. The Morgan fingerprint density at radius 2 is 1.88 bits per heavy atom. The maximum absolute atomic E-state index is 13.3. The summed E-state index contributed by atoms with van der Waals surface area (Å²) >= 11 is 0. The molecule has 2 aliphatic heterocycles. The lowest BCUT2D eigenvalue weighted by Crippen LogP contribution is -2.42. The maximum Gasteiger partial charge on any atom is 0.320 e. The molecule has 218 valence electrons. The standard InChI is InChI=1S/C30H39N7O4/c1-20-18-36(13-16-40-3)19-26(20)33-30(39)34-28-21(2)27(35-37(28)24-7-5-4-6-8-24)22-9-12-31-25(17-22)29(38)32-23-10-14-41-15-11-23/h4-9,12,17,20,23,26H,10-11,13-16,18-19H2,1-3H3,(H,32,38)(H2,33,34,39)/t20-,26-/m1/s1. The molecule has 2 saturated heterocycles. The molecule has 0 spiro atoms. The van der Waals surface area contributed by atoms with Crippen LogP contribution < -0.4 is 16.0 Å². The summed E-state index contributed by atoms with van der Waals surface area (Å²) in [5.74, 6) is 0.660. The van der Waals surface area contributed by atoms with Gasteiger partial charge in [-0.3, -0.25) is 20.0 Å². The van der Waals surface area contributed by atoms with Crippen LogP contribution in [-0.4, -0.2) is 90.3 Å². The number of nitrogens with zero attached hydrogens (tertiary/aromatic N) is 4. The van der Waals surface area contributed by atoms with Crippen LogP contribution in [0.3, 0.4) is 0 Å². The minimum absolute atomic E-state index is 0.0247. The molecule has 2 atom stereocenters. The van der Waals surface area contributed by atoms with Gasteiger partial charge in [0.2, 0.25) is 0 Å². The Morgan fingerprint density at radius 3 is 2.63 bits per heavy atom. The molecule has 3 amide bonds. The molecular formula is C30H39N7O4. The molecule has 2 fully saturated rings. The molecule has 3 N–H and O–H groups in total. The summed E-state index contributed by atoms with van der Waals surface area (Å²) in [6.07, 6.45) is 3.19. The quantitative estimate of drug-likeness (QED) is 0.367. The van der Waals surface area contributed by atoms with Crippen LogP contribution in [0.25, 0.3) is 16.9 Å². The molecule has 4 heterocycles. The van der Waals surface area contributed by atoms with Crippen molar-refractivity contribution in [1.82, 2.24) is 30.3 Å². The topological polar surface area (TPSA) is 123 Å². The van der Waals surface area contributed by atoms with Crippen LogP contribution in [0.1, 0.15) is 35.8 Å². The Labute approximate surface area is 240 Å². The normalized spacial score (nSPS) is 19.7. The van der Waals surface area contributed by atoms with Crippen molar-refractivity contribution in [3.8, 4) is 16.9 Å². The largest absolute Gasteiger partial charge is 0.383 e. The number of benzene rings is 1. The Bertz CT molecular complexity index is 1340. The van der Waals surface area contributed by atoms with Crippen molar-refractivity contribution in [2.45, 2.75) is 38.8 Å². The Kier molecular flexibility index (Phi) is 9.28. The fourth-order valence-corrected chi connectivity index (χ4v) is 5.45. The van der Waals surface area contributed by atoms with Crippen molar-refractivity contribution < 1.29 is 19.1 Å². The van der Waals surface area contributed by atoms with E-state index >= 15 is 0 Å². The zero-order valence-corrected chi connectivity index (χ0v) is 23.9. The molecule has 41 heavy (non-hydrogen) atoms. The van der Waals surface area contributed by atoms with Gasteiger partial charge < -0.3 is 20.1 Å². The molecule has 2 aliphatic rings. The number of nitrogens with one attached hydrogen (secondary N) is 3. The van der Waals surface area contributed by atoms with Gasteiger partial charge in [-0.25, -0.2) is 9.48 Å². The van der Waals surface area contributed by atoms with Gasteiger partial charge in [0.15, 0.2) is 0 Å².